The van der Waals surface area contributed by atoms with Gasteiger partial charge in [-0.25, -0.2) is 0 Å². The monoisotopic (exact) mass is 345 g/mol. The third-order valence-corrected chi connectivity index (χ3v) is 3.99. The molecule has 1 heterocycles. The number of methoxy groups -OCH3 is 1. The van der Waals surface area contributed by atoms with Gasteiger partial charge in [0.05, 0.1) is 7.11 Å². The van der Waals surface area contributed by atoms with Crippen molar-refractivity contribution in [3.8, 4) is 11.5 Å². The highest BCUT2D eigenvalue weighted by molar-refractivity contribution is 9.10. The summed E-state index contributed by atoms with van der Waals surface area (Å²) in [6.45, 7) is 0. The molecule has 2 aromatic rings. The molecule has 2 aromatic carbocycles. The second-order valence-electron chi connectivity index (χ2n) is 4.60. The zero-order valence-electron chi connectivity index (χ0n) is 11.2. The number of halogens is 1. The van der Waals surface area contributed by atoms with Gasteiger partial charge in [0.2, 0.25) is 0 Å². The van der Waals surface area contributed by atoms with Gasteiger partial charge in [0.25, 0.3) is 5.91 Å². The number of benzene rings is 2. The van der Waals surface area contributed by atoms with Crippen molar-refractivity contribution in [3.05, 3.63) is 52.0 Å². The molecule has 4 nitrogen and oxygen atoms in total. The quantitative estimate of drug-likeness (QED) is 0.816. The van der Waals surface area contributed by atoms with Crippen molar-refractivity contribution in [2.45, 2.75) is 0 Å². The van der Waals surface area contributed by atoms with Crippen molar-refractivity contribution in [1.82, 2.24) is 0 Å². The summed E-state index contributed by atoms with van der Waals surface area (Å²) in [5, 5.41) is 12.7. The van der Waals surface area contributed by atoms with E-state index in [0.29, 0.717) is 16.9 Å². The van der Waals surface area contributed by atoms with Crippen LogP contribution in [-0.4, -0.2) is 18.1 Å². The van der Waals surface area contributed by atoms with Crippen molar-refractivity contribution in [3.63, 3.8) is 0 Å². The molecule has 0 unspecified atom stereocenters. The van der Waals surface area contributed by atoms with Crippen LogP contribution in [0.4, 0.5) is 5.69 Å². The van der Waals surface area contributed by atoms with E-state index >= 15 is 0 Å². The van der Waals surface area contributed by atoms with E-state index in [2.05, 4.69) is 21.2 Å². The van der Waals surface area contributed by atoms with E-state index in [1.165, 1.54) is 7.11 Å². The minimum Gasteiger partial charge on any atom is -0.504 e. The number of para-hydroxylation sites is 1. The van der Waals surface area contributed by atoms with E-state index in [-0.39, 0.29) is 11.7 Å². The van der Waals surface area contributed by atoms with Crippen molar-refractivity contribution in [1.29, 1.82) is 0 Å². The highest BCUT2D eigenvalue weighted by Crippen LogP contribution is 2.37. The Balaban J connectivity index is 2.11. The topological polar surface area (TPSA) is 58.6 Å². The van der Waals surface area contributed by atoms with Crippen LogP contribution >= 0.6 is 15.9 Å². The summed E-state index contributed by atoms with van der Waals surface area (Å²) in [6, 6.07) is 10.7. The third-order valence-electron chi connectivity index (χ3n) is 3.31. The van der Waals surface area contributed by atoms with Gasteiger partial charge in [-0.15, -0.1) is 0 Å². The first-order valence-corrected chi connectivity index (χ1v) is 7.08. The van der Waals surface area contributed by atoms with E-state index in [0.717, 1.165) is 15.7 Å². The molecule has 1 aliphatic rings. The Bertz CT molecular complexity index is 768. The van der Waals surface area contributed by atoms with Crippen LogP contribution in [0.25, 0.3) is 11.6 Å². The fraction of sp³-hybridized carbons (Fsp3) is 0.0625. The molecule has 0 bridgehead atoms. The highest BCUT2D eigenvalue weighted by Gasteiger charge is 2.23. The number of carbonyl (C=O) groups is 1. The molecule has 0 saturated carbocycles. The fourth-order valence-electron chi connectivity index (χ4n) is 2.27. The number of hydrogen-bond acceptors (Lipinski definition) is 3. The third kappa shape index (κ3) is 2.40. The summed E-state index contributed by atoms with van der Waals surface area (Å²) < 4.78 is 5.79. The Morgan fingerprint density at radius 3 is 2.81 bits per heavy atom. The van der Waals surface area contributed by atoms with Gasteiger partial charge in [-0.1, -0.05) is 34.1 Å². The first-order valence-electron chi connectivity index (χ1n) is 6.29. The number of fused-ring (bicyclic) bond motifs is 1. The Kier molecular flexibility index (Phi) is 3.43. The van der Waals surface area contributed by atoms with E-state index in [4.69, 9.17) is 4.74 Å². The Labute approximate surface area is 130 Å². The summed E-state index contributed by atoms with van der Waals surface area (Å²) in [4.78, 5) is 12.1. The molecule has 106 valence electrons. The zero-order chi connectivity index (χ0) is 15.0. The molecule has 0 spiro atoms. The van der Waals surface area contributed by atoms with E-state index in [1.807, 2.05) is 24.3 Å². The van der Waals surface area contributed by atoms with Gasteiger partial charge in [0.1, 0.15) is 0 Å². The largest absolute Gasteiger partial charge is 0.504 e. The summed E-state index contributed by atoms with van der Waals surface area (Å²) in [6.07, 6.45) is 1.74. The van der Waals surface area contributed by atoms with Crippen molar-refractivity contribution in [2.24, 2.45) is 0 Å². The lowest BCUT2D eigenvalue weighted by Crippen LogP contribution is -2.03. The highest BCUT2D eigenvalue weighted by atomic mass is 79.9. The second kappa shape index (κ2) is 5.26. The van der Waals surface area contributed by atoms with Crippen LogP contribution < -0.4 is 10.1 Å². The predicted octanol–water partition coefficient (Wildman–Crippen LogP) is 3.66. The molecule has 0 aromatic heterocycles. The number of phenols is 1. The van der Waals surface area contributed by atoms with Gasteiger partial charge >= 0.3 is 0 Å². The van der Waals surface area contributed by atoms with Crippen molar-refractivity contribution >= 4 is 39.2 Å². The summed E-state index contributed by atoms with van der Waals surface area (Å²) in [7, 11) is 1.49. The average Bonchev–Trinajstić information content (AvgIpc) is 2.78. The first-order chi connectivity index (χ1) is 10.1. The maximum absolute atomic E-state index is 12.1. The molecule has 0 fully saturated rings. The predicted molar refractivity (Wildman–Crippen MR) is 85.3 cm³/mol. The summed E-state index contributed by atoms with van der Waals surface area (Å²) >= 11 is 3.42. The van der Waals surface area contributed by atoms with Crippen LogP contribution in [0, 0.1) is 0 Å². The number of anilines is 1. The van der Waals surface area contributed by atoms with Crippen LogP contribution in [0.2, 0.25) is 0 Å². The Morgan fingerprint density at radius 2 is 2.05 bits per heavy atom. The maximum Gasteiger partial charge on any atom is 0.256 e. The molecule has 0 aliphatic carbocycles. The molecule has 1 aliphatic heterocycles. The van der Waals surface area contributed by atoms with E-state index in [9.17, 15) is 9.90 Å². The normalized spacial score (nSPS) is 15.0. The second-order valence-corrected chi connectivity index (χ2v) is 5.46. The van der Waals surface area contributed by atoms with E-state index in [1.54, 1.807) is 18.2 Å². The number of aromatic hydroxyl groups is 1. The lowest BCUT2D eigenvalue weighted by atomic mass is 10.0. The molecule has 0 atom stereocenters. The van der Waals surface area contributed by atoms with Gasteiger partial charge < -0.3 is 15.2 Å². The van der Waals surface area contributed by atoms with Gasteiger partial charge in [0.15, 0.2) is 11.5 Å². The SMILES string of the molecule is COc1cc(Br)c(/C=C2/C(=O)Nc3ccccc32)cc1O. The molecule has 1 amide bonds. The van der Waals surface area contributed by atoms with Crippen LogP contribution in [0.5, 0.6) is 11.5 Å². The fourth-order valence-corrected chi connectivity index (χ4v) is 2.71. The van der Waals surface area contributed by atoms with Gasteiger partial charge in [-0.05, 0) is 29.8 Å². The van der Waals surface area contributed by atoms with Crippen LogP contribution in [0.1, 0.15) is 11.1 Å². The van der Waals surface area contributed by atoms with Crippen molar-refractivity contribution < 1.29 is 14.6 Å². The van der Waals surface area contributed by atoms with Gasteiger partial charge in [0, 0.05) is 21.3 Å². The number of ether oxygens (including phenoxy) is 1. The number of hydrogen-bond donors (Lipinski definition) is 2. The number of carbonyl (C=O) groups excluding carboxylic acids is 1. The molecular weight excluding hydrogens is 334 g/mol. The Morgan fingerprint density at radius 1 is 1.29 bits per heavy atom. The molecule has 2 N–H and O–H groups in total. The molecule has 5 heteroatoms. The number of nitrogens with one attached hydrogen (secondary N) is 1. The van der Waals surface area contributed by atoms with E-state index < -0.39 is 0 Å². The lowest BCUT2D eigenvalue weighted by Gasteiger charge is -2.07. The smallest absolute Gasteiger partial charge is 0.256 e. The van der Waals surface area contributed by atoms with Crippen molar-refractivity contribution in [2.75, 3.05) is 12.4 Å². The lowest BCUT2D eigenvalue weighted by molar-refractivity contribution is -0.110. The maximum atomic E-state index is 12.1. The van der Waals surface area contributed by atoms with Gasteiger partial charge in [-0.3, -0.25) is 4.79 Å². The molecule has 0 radical (unpaired) electrons. The Hall–Kier alpha value is -2.27. The molecule has 21 heavy (non-hydrogen) atoms. The summed E-state index contributed by atoms with van der Waals surface area (Å²) in [5.74, 6) is 0.248. The molecular formula is C16H12BrNO3. The van der Waals surface area contributed by atoms with Crippen LogP contribution in [-0.2, 0) is 4.79 Å². The minimum atomic E-state index is -0.154. The first kappa shape index (κ1) is 13.7. The van der Waals surface area contributed by atoms with Gasteiger partial charge in [-0.2, -0.15) is 0 Å². The molecule has 3 rings (SSSR count). The standard InChI is InChI=1S/C16H12BrNO3/c1-21-15-8-12(17)9(7-14(15)19)6-11-10-4-2-3-5-13(10)18-16(11)20/h2-8,19H,1H3,(H,18,20)/b11-6+. The number of amides is 1. The summed E-state index contributed by atoms with van der Waals surface area (Å²) in [5.41, 5.74) is 2.92. The molecule has 0 saturated heterocycles. The number of phenolic OH excluding ortho intramolecular Hbond substituents is 1. The zero-order valence-corrected chi connectivity index (χ0v) is 12.8. The van der Waals surface area contributed by atoms with Crippen LogP contribution in [0.15, 0.2) is 40.9 Å². The number of rotatable bonds is 2. The van der Waals surface area contributed by atoms with Crippen LogP contribution in [0.3, 0.4) is 0 Å². The average molecular weight is 346 g/mol. The minimum absolute atomic E-state index is 0.0271.